The van der Waals surface area contributed by atoms with Crippen LogP contribution >= 0.6 is 23.5 Å². The molecule has 0 aromatic heterocycles. The average molecular weight is 313 g/mol. The molecule has 6 heteroatoms. The molecule has 0 radical (unpaired) electrons. The summed E-state index contributed by atoms with van der Waals surface area (Å²) >= 11 is 3.31. The predicted molar refractivity (Wildman–Crippen MR) is 85.5 cm³/mol. The van der Waals surface area contributed by atoms with Gasteiger partial charge < -0.3 is 10.1 Å². The molecular formula is C14H19NO3S2. The standard InChI is InChI=1S/C14H19NO3S2/c1-4-6-14(19-9-10-20-14)13(17)15-7-5-8-18-12(16)11(2)3/h4-5,8H,1-2,6-7,9-10H2,3H3,(H,15,17). The number of ether oxygens (including phenoxy) is 1. The van der Waals surface area contributed by atoms with E-state index in [4.69, 9.17) is 4.74 Å². The van der Waals surface area contributed by atoms with Crippen molar-refractivity contribution in [3.63, 3.8) is 0 Å². The Kier molecular flexibility index (Phi) is 6.95. The zero-order chi connectivity index (χ0) is 15.0. The quantitative estimate of drug-likeness (QED) is 0.339. The Morgan fingerprint density at radius 2 is 2.05 bits per heavy atom. The Labute approximate surface area is 128 Å². The highest BCUT2D eigenvalue weighted by molar-refractivity contribution is 8.22. The van der Waals surface area contributed by atoms with Crippen LogP contribution in [0.2, 0.25) is 0 Å². The van der Waals surface area contributed by atoms with Crippen molar-refractivity contribution in [1.82, 2.24) is 5.32 Å². The molecule has 1 amide bonds. The molecule has 0 aromatic carbocycles. The largest absolute Gasteiger partial charge is 0.431 e. The minimum Gasteiger partial charge on any atom is -0.431 e. The number of esters is 1. The van der Waals surface area contributed by atoms with Gasteiger partial charge in [0.05, 0.1) is 6.26 Å². The normalized spacial score (nSPS) is 16.9. The van der Waals surface area contributed by atoms with Gasteiger partial charge in [0.1, 0.15) is 4.08 Å². The van der Waals surface area contributed by atoms with E-state index in [0.29, 0.717) is 18.5 Å². The lowest BCUT2D eigenvalue weighted by atomic mass is 10.2. The SMILES string of the molecule is C=CCC1(C(=O)NCC=COC(=O)C(=C)C)SCCS1. The van der Waals surface area contributed by atoms with Crippen LogP contribution in [0.1, 0.15) is 13.3 Å². The third-order valence-corrected chi connectivity index (χ3v) is 5.93. The Bertz CT molecular complexity index is 426. The van der Waals surface area contributed by atoms with Crippen LogP contribution in [0.5, 0.6) is 0 Å². The zero-order valence-corrected chi connectivity index (χ0v) is 13.1. The van der Waals surface area contributed by atoms with E-state index in [1.807, 2.05) is 0 Å². The number of rotatable bonds is 7. The van der Waals surface area contributed by atoms with Gasteiger partial charge in [-0.2, -0.15) is 0 Å². The Hall–Kier alpha value is -1.14. The second-order valence-corrected chi connectivity index (χ2v) is 7.26. The monoisotopic (exact) mass is 313 g/mol. The summed E-state index contributed by atoms with van der Waals surface area (Å²) in [6, 6.07) is 0. The first-order valence-electron chi connectivity index (χ1n) is 6.20. The fourth-order valence-corrected chi connectivity index (χ4v) is 4.57. The molecule has 1 aliphatic rings. The summed E-state index contributed by atoms with van der Waals surface area (Å²) in [6.07, 6.45) is 5.27. The van der Waals surface area contributed by atoms with Gasteiger partial charge in [0, 0.05) is 23.6 Å². The average Bonchev–Trinajstić information content (AvgIpc) is 2.88. The highest BCUT2D eigenvalue weighted by Gasteiger charge is 2.41. The van der Waals surface area contributed by atoms with Crippen molar-refractivity contribution in [2.24, 2.45) is 0 Å². The van der Waals surface area contributed by atoms with Gasteiger partial charge in [-0.3, -0.25) is 4.79 Å². The van der Waals surface area contributed by atoms with Crippen LogP contribution in [0.3, 0.4) is 0 Å². The highest BCUT2D eigenvalue weighted by Crippen LogP contribution is 2.46. The molecule has 0 bridgehead atoms. The summed E-state index contributed by atoms with van der Waals surface area (Å²) in [5, 5.41) is 2.82. The third-order valence-electron chi connectivity index (χ3n) is 2.51. The Morgan fingerprint density at radius 3 is 2.60 bits per heavy atom. The molecule has 0 unspecified atom stereocenters. The van der Waals surface area contributed by atoms with Gasteiger partial charge in [-0.1, -0.05) is 12.7 Å². The molecule has 0 aromatic rings. The number of hydrogen-bond acceptors (Lipinski definition) is 5. The highest BCUT2D eigenvalue weighted by atomic mass is 32.2. The molecule has 0 atom stereocenters. The van der Waals surface area contributed by atoms with E-state index in [0.717, 1.165) is 11.5 Å². The van der Waals surface area contributed by atoms with Crippen LogP contribution in [0.4, 0.5) is 0 Å². The summed E-state index contributed by atoms with van der Waals surface area (Å²) in [7, 11) is 0. The van der Waals surface area contributed by atoms with Crippen LogP contribution in [0, 0.1) is 0 Å². The number of thioether (sulfide) groups is 2. The molecule has 0 saturated carbocycles. The van der Waals surface area contributed by atoms with E-state index in [9.17, 15) is 9.59 Å². The second-order valence-electron chi connectivity index (χ2n) is 4.21. The van der Waals surface area contributed by atoms with Crippen LogP contribution in [-0.2, 0) is 14.3 Å². The molecule has 110 valence electrons. The van der Waals surface area contributed by atoms with Crippen molar-refractivity contribution < 1.29 is 14.3 Å². The lowest BCUT2D eigenvalue weighted by Gasteiger charge is -2.24. The van der Waals surface area contributed by atoms with Crippen molar-refractivity contribution in [1.29, 1.82) is 0 Å². The summed E-state index contributed by atoms with van der Waals surface area (Å²) in [4.78, 5) is 23.3. The molecule has 0 aliphatic carbocycles. The summed E-state index contributed by atoms with van der Waals surface area (Å²) < 4.78 is 4.33. The summed E-state index contributed by atoms with van der Waals surface area (Å²) in [6.45, 7) is 9.08. The predicted octanol–water partition coefficient (Wildman–Crippen LogP) is 2.49. The second kappa shape index (κ2) is 8.21. The lowest BCUT2D eigenvalue weighted by Crippen LogP contribution is -2.40. The maximum atomic E-state index is 12.2. The van der Waals surface area contributed by atoms with Crippen LogP contribution in [0.25, 0.3) is 0 Å². The lowest BCUT2D eigenvalue weighted by molar-refractivity contribution is -0.133. The van der Waals surface area contributed by atoms with Crippen molar-refractivity contribution >= 4 is 35.4 Å². The number of hydrogen-bond donors (Lipinski definition) is 1. The van der Waals surface area contributed by atoms with Gasteiger partial charge in [0.2, 0.25) is 5.91 Å². The van der Waals surface area contributed by atoms with Gasteiger partial charge in [-0.25, -0.2) is 4.79 Å². The van der Waals surface area contributed by atoms with E-state index in [-0.39, 0.29) is 5.91 Å². The Balaban J connectivity index is 2.39. The van der Waals surface area contributed by atoms with E-state index < -0.39 is 10.0 Å². The van der Waals surface area contributed by atoms with Gasteiger partial charge >= 0.3 is 5.97 Å². The third kappa shape index (κ3) is 4.76. The van der Waals surface area contributed by atoms with E-state index >= 15 is 0 Å². The smallest absolute Gasteiger partial charge is 0.337 e. The minimum absolute atomic E-state index is 0.0132. The molecule has 1 rings (SSSR count). The van der Waals surface area contributed by atoms with E-state index in [1.165, 1.54) is 6.26 Å². The molecule has 1 fully saturated rings. The van der Waals surface area contributed by atoms with Crippen molar-refractivity contribution in [2.75, 3.05) is 18.1 Å². The number of amides is 1. The topological polar surface area (TPSA) is 55.4 Å². The first-order valence-corrected chi connectivity index (χ1v) is 8.17. The molecule has 1 N–H and O–H groups in total. The fraction of sp³-hybridized carbons (Fsp3) is 0.429. The van der Waals surface area contributed by atoms with Crippen LogP contribution < -0.4 is 5.32 Å². The fourth-order valence-electron chi connectivity index (χ4n) is 1.53. The zero-order valence-electron chi connectivity index (χ0n) is 11.5. The van der Waals surface area contributed by atoms with Gasteiger partial charge in [-0.15, -0.1) is 30.1 Å². The Morgan fingerprint density at radius 1 is 1.40 bits per heavy atom. The number of carbonyl (C=O) groups is 2. The van der Waals surface area contributed by atoms with Gasteiger partial charge in [-0.05, 0) is 19.4 Å². The first-order chi connectivity index (χ1) is 9.52. The maximum absolute atomic E-state index is 12.2. The van der Waals surface area contributed by atoms with Crippen LogP contribution in [0.15, 0.2) is 37.1 Å². The van der Waals surface area contributed by atoms with E-state index in [1.54, 1.807) is 42.6 Å². The number of allylic oxidation sites excluding steroid dienone is 1. The first kappa shape index (κ1) is 16.9. The number of nitrogens with one attached hydrogen (secondary N) is 1. The number of carbonyl (C=O) groups excluding carboxylic acids is 2. The molecule has 1 saturated heterocycles. The van der Waals surface area contributed by atoms with Gasteiger partial charge in [0.25, 0.3) is 0 Å². The molecule has 0 spiro atoms. The molecule has 4 nitrogen and oxygen atoms in total. The molecule has 1 aliphatic heterocycles. The molecule has 1 heterocycles. The maximum Gasteiger partial charge on any atom is 0.337 e. The van der Waals surface area contributed by atoms with Crippen molar-refractivity contribution in [3.05, 3.63) is 37.1 Å². The minimum atomic E-state index is -0.474. The van der Waals surface area contributed by atoms with Crippen molar-refractivity contribution in [3.8, 4) is 0 Å². The summed E-state index contributed by atoms with van der Waals surface area (Å²) in [5.74, 6) is 1.45. The molecule has 20 heavy (non-hydrogen) atoms. The van der Waals surface area contributed by atoms with Crippen LogP contribution in [-0.4, -0.2) is 34.0 Å². The summed E-state index contributed by atoms with van der Waals surface area (Å²) in [5.41, 5.74) is 0.336. The van der Waals surface area contributed by atoms with Crippen molar-refractivity contribution in [2.45, 2.75) is 17.4 Å². The van der Waals surface area contributed by atoms with Gasteiger partial charge in [0.15, 0.2) is 0 Å². The molecular weight excluding hydrogens is 294 g/mol. The van der Waals surface area contributed by atoms with E-state index in [2.05, 4.69) is 18.5 Å².